The fourth-order valence-electron chi connectivity index (χ4n) is 3.20. The summed E-state index contributed by atoms with van der Waals surface area (Å²) in [5.74, 6) is 2.83. The molecule has 2 aromatic carbocycles. The van der Waals surface area contributed by atoms with Crippen molar-refractivity contribution in [1.82, 2.24) is 9.66 Å². The van der Waals surface area contributed by atoms with Gasteiger partial charge in [-0.2, -0.15) is 9.78 Å². The molecule has 7 nitrogen and oxygen atoms in total. The smallest absolute Gasteiger partial charge is 0.282 e. The van der Waals surface area contributed by atoms with Gasteiger partial charge in [0, 0.05) is 10.0 Å². The average Bonchev–Trinajstić information content (AvgIpc) is 3.10. The Bertz CT molecular complexity index is 1350. The van der Waals surface area contributed by atoms with Crippen LogP contribution in [0.25, 0.3) is 22.3 Å². The molecule has 0 amide bonds. The molecule has 0 unspecified atom stereocenters. The Hall–Kier alpha value is -3.39. The molecule has 0 spiro atoms. The number of furan rings is 1. The molecule has 0 bridgehead atoms. The summed E-state index contributed by atoms with van der Waals surface area (Å²) in [6.07, 6.45) is 1.51. The molecule has 0 saturated carbocycles. The van der Waals surface area contributed by atoms with E-state index in [-0.39, 0.29) is 5.56 Å². The molecule has 0 radical (unpaired) electrons. The monoisotopic (exact) mass is 481 g/mol. The Morgan fingerprint density at radius 1 is 1.06 bits per heavy atom. The first-order valence-corrected chi connectivity index (χ1v) is 10.3. The van der Waals surface area contributed by atoms with E-state index in [0.717, 1.165) is 15.8 Å². The van der Waals surface area contributed by atoms with E-state index in [1.54, 1.807) is 44.6 Å². The lowest BCUT2D eigenvalue weighted by Gasteiger charge is -2.12. The van der Waals surface area contributed by atoms with Crippen molar-refractivity contribution in [2.45, 2.75) is 13.8 Å². The SMILES string of the molecule is COc1ccc(-c2nc3ccc(Br)cc3c(=O)n2N=Cc2cc(C)c(C)o2)cc1OC. The minimum absolute atomic E-state index is 0.299. The standard InChI is InChI=1S/C23H20BrN3O4/c1-13-9-17(31-14(13)2)12-25-27-22(15-5-8-20(29-3)21(10-15)30-4)26-19-7-6-16(24)11-18(19)23(27)28/h5-12H,1-4H3. The highest BCUT2D eigenvalue weighted by molar-refractivity contribution is 9.10. The van der Waals surface area contributed by atoms with E-state index in [0.29, 0.717) is 39.6 Å². The minimum Gasteiger partial charge on any atom is -0.493 e. The minimum atomic E-state index is -0.299. The van der Waals surface area contributed by atoms with Crippen LogP contribution >= 0.6 is 15.9 Å². The molecule has 0 aliphatic rings. The zero-order valence-electron chi connectivity index (χ0n) is 17.5. The normalized spacial score (nSPS) is 11.4. The molecule has 158 valence electrons. The molecule has 0 fully saturated rings. The van der Waals surface area contributed by atoms with Crippen molar-refractivity contribution in [3.63, 3.8) is 0 Å². The number of ether oxygens (including phenoxy) is 2. The van der Waals surface area contributed by atoms with Gasteiger partial charge < -0.3 is 13.9 Å². The Kier molecular flexibility index (Phi) is 5.65. The number of rotatable bonds is 5. The molecule has 8 heteroatoms. The predicted molar refractivity (Wildman–Crippen MR) is 123 cm³/mol. The largest absolute Gasteiger partial charge is 0.493 e. The van der Waals surface area contributed by atoms with Gasteiger partial charge in [0.15, 0.2) is 17.3 Å². The zero-order valence-corrected chi connectivity index (χ0v) is 19.1. The van der Waals surface area contributed by atoms with Crippen LogP contribution in [0.15, 0.2) is 61.3 Å². The number of halogens is 1. The molecule has 31 heavy (non-hydrogen) atoms. The topological polar surface area (TPSA) is 78.9 Å². The van der Waals surface area contributed by atoms with Gasteiger partial charge in [-0.1, -0.05) is 15.9 Å². The van der Waals surface area contributed by atoms with Gasteiger partial charge in [0.2, 0.25) is 0 Å². The van der Waals surface area contributed by atoms with E-state index < -0.39 is 0 Å². The van der Waals surface area contributed by atoms with E-state index in [1.807, 2.05) is 26.0 Å². The van der Waals surface area contributed by atoms with Crippen molar-refractivity contribution >= 4 is 33.0 Å². The van der Waals surface area contributed by atoms with Gasteiger partial charge in [-0.25, -0.2) is 4.98 Å². The summed E-state index contributed by atoms with van der Waals surface area (Å²) in [5, 5.41) is 4.87. The molecule has 0 N–H and O–H groups in total. The van der Waals surface area contributed by atoms with Gasteiger partial charge in [0.25, 0.3) is 5.56 Å². The molecule has 0 saturated heterocycles. The fourth-order valence-corrected chi connectivity index (χ4v) is 3.56. The number of fused-ring (bicyclic) bond motifs is 1. The Labute approximate surface area is 187 Å². The van der Waals surface area contributed by atoms with Gasteiger partial charge in [0.05, 0.1) is 31.3 Å². The number of hydrogen-bond acceptors (Lipinski definition) is 6. The van der Waals surface area contributed by atoms with Crippen LogP contribution in [-0.2, 0) is 0 Å². The van der Waals surface area contributed by atoms with Crippen LogP contribution < -0.4 is 15.0 Å². The third-order valence-corrected chi connectivity index (χ3v) is 5.43. The van der Waals surface area contributed by atoms with Crippen molar-refractivity contribution in [2.75, 3.05) is 14.2 Å². The first-order chi connectivity index (χ1) is 14.9. The second kappa shape index (κ2) is 8.39. The summed E-state index contributed by atoms with van der Waals surface area (Å²) in [5.41, 5.74) is 1.93. The molecule has 0 atom stereocenters. The van der Waals surface area contributed by atoms with Gasteiger partial charge in [0.1, 0.15) is 11.5 Å². The number of nitrogens with zero attached hydrogens (tertiary/aromatic N) is 3. The third-order valence-electron chi connectivity index (χ3n) is 4.94. The maximum absolute atomic E-state index is 13.3. The summed E-state index contributed by atoms with van der Waals surface area (Å²) < 4.78 is 18.5. The van der Waals surface area contributed by atoms with Crippen LogP contribution in [0.5, 0.6) is 11.5 Å². The predicted octanol–water partition coefficient (Wildman–Crippen LogP) is 4.94. The molecular formula is C23H20BrN3O4. The quantitative estimate of drug-likeness (QED) is 0.377. The van der Waals surface area contributed by atoms with Crippen LogP contribution in [0.4, 0.5) is 0 Å². The van der Waals surface area contributed by atoms with E-state index in [1.165, 1.54) is 10.9 Å². The van der Waals surface area contributed by atoms with Crippen LogP contribution in [0.2, 0.25) is 0 Å². The second-order valence-corrected chi connectivity index (χ2v) is 7.83. The van der Waals surface area contributed by atoms with Gasteiger partial charge >= 0.3 is 0 Å². The first-order valence-electron chi connectivity index (χ1n) is 9.47. The molecule has 0 aliphatic carbocycles. The van der Waals surface area contributed by atoms with Crippen molar-refractivity contribution < 1.29 is 13.9 Å². The summed E-state index contributed by atoms with van der Waals surface area (Å²) >= 11 is 3.42. The molecule has 4 aromatic rings. The van der Waals surface area contributed by atoms with E-state index in [4.69, 9.17) is 18.9 Å². The third kappa shape index (κ3) is 3.98. The van der Waals surface area contributed by atoms with Crippen LogP contribution in [-0.4, -0.2) is 30.1 Å². The van der Waals surface area contributed by atoms with Crippen LogP contribution in [0, 0.1) is 13.8 Å². The maximum atomic E-state index is 13.3. The Morgan fingerprint density at radius 2 is 1.84 bits per heavy atom. The Morgan fingerprint density at radius 3 is 2.52 bits per heavy atom. The highest BCUT2D eigenvalue weighted by atomic mass is 79.9. The molecule has 2 aromatic heterocycles. The second-order valence-electron chi connectivity index (χ2n) is 6.92. The van der Waals surface area contributed by atoms with Crippen molar-refractivity contribution in [1.29, 1.82) is 0 Å². The van der Waals surface area contributed by atoms with Crippen molar-refractivity contribution in [3.8, 4) is 22.9 Å². The average molecular weight is 482 g/mol. The molecular weight excluding hydrogens is 462 g/mol. The van der Waals surface area contributed by atoms with E-state index >= 15 is 0 Å². The molecule has 2 heterocycles. The zero-order chi connectivity index (χ0) is 22.1. The summed E-state index contributed by atoms with van der Waals surface area (Å²) in [4.78, 5) is 18.1. The van der Waals surface area contributed by atoms with Gasteiger partial charge in [-0.3, -0.25) is 4.79 Å². The Balaban J connectivity index is 1.96. The van der Waals surface area contributed by atoms with E-state index in [2.05, 4.69) is 21.0 Å². The number of benzene rings is 2. The lowest BCUT2D eigenvalue weighted by molar-refractivity contribution is 0.355. The summed E-state index contributed by atoms with van der Waals surface area (Å²) in [7, 11) is 3.12. The number of aryl methyl sites for hydroxylation is 2. The van der Waals surface area contributed by atoms with Crippen molar-refractivity contribution in [3.05, 3.63) is 74.4 Å². The number of methoxy groups -OCH3 is 2. The van der Waals surface area contributed by atoms with Crippen molar-refractivity contribution in [2.24, 2.45) is 5.10 Å². The highest BCUT2D eigenvalue weighted by Gasteiger charge is 2.15. The van der Waals surface area contributed by atoms with Crippen LogP contribution in [0.3, 0.4) is 0 Å². The fraction of sp³-hybridized carbons (Fsp3) is 0.174. The summed E-state index contributed by atoms with van der Waals surface area (Å²) in [6, 6.07) is 12.6. The number of hydrogen-bond donors (Lipinski definition) is 0. The molecule has 4 rings (SSSR count). The molecule has 0 aliphatic heterocycles. The van der Waals surface area contributed by atoms with Gasteiger partial charge in [-0.05, 0) is 61.9 Å². The maximum Gasteiger partial charge on any atom is 0.282 e. The summed E-state index contributed by atoms with van der Waals surface area (Å²) in [6.45, 7) is 3.83. The lowest BCUT2D eigenvalue weighted by atomic mass is 10.1. The van der Waals surface area contributed by atoms with Gasteiger partial charge in [-0.15, -0.1) is 0 Å². The van der Waals surface area contributed by atoms with E-state index in [9.17, 15) is 4.79 Å². The first kappa shape index (κ1) is 20.9. The van der Waals surface area contributed by atoms with Crippen LogP contribution in [0.1, 0.15) is 17.1 Å². The highest BCUT2D eigenvalue weighted by Crippen LogP contribution is 2.32. The number of aromatic nitrogens is 2. The lowest BCUT2D eigenvalue weighted by Crippen LogP contribution is -2.20.